The van der Waals surface area contributed by atoms with Gasteiger partial charge in [-0.05, 0) is 48.2 Å². The molecule has 7 aromatic rings. The van der Waals surface area contributed by atoms with E-state index in [4.69, 9.17) is 9.40 Å². The van der Waals surface area contributed by atoms with Crippen LogP contribution in [-0.4, -0.2) is 14.5 Å². The Morgan fingerprint density at radius 3 is 2.42 bits per heavy atom. The van der Waals surface area contributed by atoms with Gasteiger partial charge in [0.15, 0.2) is 11.5 Å². The maximum absolute atomic E-state index is 6.59. The van der Waals surface area contributed by atoms with Crippen molar-refractivity contribution in [3.63, 3.8) is 0 Å². The first-order chi connectivity index (χ1) is 16.3. The van der Waals surface area contributed by atoms with Crippen molar-refractivity contribution in [1.29, 1.82) is 0 Å². The number of para-hydroxylation sites is 2. The summed E-state index contributed by atoms with van der Waals surface area (Å²) in [6.07, 6.45) is 1.86. The molecule has 0 bridgehead atoms. The fourth-order valence-electron chi connectivity index (χ4n) is 4.78. The Hall–Kier alpha value is -4.44. The molecule has 3 heterocycles. The smallest absolute Gasteiger partial charge is 0.178 e. The highest BCUT2D eigenvalue weighted by atomic mass is 16.3. The summed E-state index contributed by atoms with van der Waals surface area (Å²) >= 11 is 0. The van der Waals surface area contributed by atoms with Crippen LogP contribution < -0.4 is 0 Å². The molecule has 7 rings (SSSR count). The molecule has 0 amide bonds. The standard InChI is InChI=1S/C29H19N3O/c1-18-16-25-28(30-17-18)31-29(32(25)20-9-3-2-4-10-20)24-13-7-12-22-23-15-14-19-8-5-6-11-21(19)26(23)33-27(22)24/h2-17H,1H3. The maximum atomic E-state index is 6.59. The first kappa shape index (κ1) is 18.2. The number of benzene rings is 4. The number of imidazole rings is 1. The maximum Gasteiger partial charge on any atom is 0.178 e. The van der Waals surface area contributed by atoms with Gasteiger partial charge in [0.1, 0.15) is 11.2 Å². The molecule has 0 spiro atoms. The number of nitrogens with zero attached hydrogens (tertiary/aromatic N) is 3. The molecule has 33 heavy (non-hydrogen) atoms. The van der Waals surface area contributed by atoms with Gasteiger partial charge in [0, 0.05) is 28.0 Å². The number of fused-ring (bicyclic) bond motifs is 6. The van der Waals surface area contributed by atoms with E-state index in [0.29, 0.717) is 0 Å². The van der Waals surface area contributed by atoms with Crippen molar-refractivity contribution in [2.45, 2.75) is 6.92 Å². The summed E-state index contributed by atoms with van der Waals surface area (Å²) in [4.78, 5) is 9.59. The van der Waals surface area contributed by atoms with Crippen LogP contribution in [-0.2, 0) is 0 Å². The Morgan fingerprint density at radius 1 is 0.727 bits per heavy atom. The molecule has 3 aromatic heterocycles. The van der Waals surface area contributed by atoms with Crippen LogP contribution in [0.1, 0.15) is 5.56 Å². The molecule has 4 aromatic carbocycles. The lowest BCUT2D eigenvalue weighted by Crippen LogP contribution is -1.97. The van der Waals surface area contributed by atoms with Crippen LogP contribution in [0.25, 0.3) is 61.0 Å². The number of hydrogen-bond donors (Lipinski definition) is 0. The van der Waals surface area contributed by atoms with Crippen LogP contribution in [0.2, 0.25) is 0 Å². The summed E-state index contributed by atoms with van der Waals surface area (Å²) in [5, 5.41) is 4.48. The third-order valence-electron chi connectivity index (χ3n) is 6.29. The van der Waals surface area contributed by atoms with Crippen molar-refractivity contribution < 1.29 is 4.42 Å². The predicted octanol–water partition coefficient (Wildman–Crippen LogP) is 7.45. The monoisotopic (exact) mass is 425 g/mol. The van der Waals surface area contributed by atoms with Gasteiger partial charge in [-0.1, -0.05) is 60.7 Å². The van der Waals surface area contributed by atoms with Crippen LogP contribution in [0.15, 0.2) is 102 Å². The normalized spacial score (nSPS) is 11.8. The van der Waals surface area contributed by atoms with Crippen LogP contribution in [0.3, 0.4) is 0 Å². The highest BCUT2D eigenvalue weighted by Crippen LogP contribution is 2.39. The Labute approximate surface area is 189 Å². The van der Waals surface area contributed by atoms with Gasteiger partial charge in [-0.15, -0.1) is 0 Å². The fourth-order valence-corrected chi connectivity index (χ4v) is 4.78. The molecule has 4 nitrogen and oxygen atoms in total. The van der Waals surface area contributed by atoms with E-state index >= 15 is 0 Å². The lowest BCUT2D eigenvalue weighted by atomic mass is 10.0. The van der Waals surface area contributed by atoms with Gasteiger partial charge in [-0.2, -0.15) is 0 Å². The number of aromatic nitrogens is 3. The molecule has 0 aliphatic heterocycles. The van der Waals surface area contributed by atoms with E-state index in [9.17, 15) is 0 Å². The summed E-state index contributed by atoms with van der Waals surface area (Å²) < 4.78 is 8.76. The molecule has 0 radical (unpaired) electrons. The Bertz CT molecular complexity index is 1830. The lowest BCUT2D eigenvalue weighted by molar-refractivity contribution is 0.673. The quantitative estimate of drug-likeness (QED) is 0.289. The van der Waals surface area contributed by atoms with Crippen molar-refractivity contribution in [3.05, 3.63) is 103 Å². The second kappa shape index (κ2) is 6.78. The van der Waals surface area contributed by atoms with E-state index in [0.717, 1.165) is 61.1 Å². The van der Waals surface area contributed by atoms with E-state index in [1.807, 2.05) is 24.4 Å². The molecular weight excluding hydrogens is 406 g/mol. The first-order valence-electron chi connectivity index (χ1n) is 11.0. The van der Waals surface area contributed by atoms with Crippen LogP contribution in [0.5, 0.6) is 0 Å². The van der Waals surface area contributed by atoms with Crippen molar-refractivity contribution in [1.82, 2.24) is 14.5 Å². The van der Waals surface area contributed by atoms with E-state index in [2.05, 4.69) is 89.3 Å². The summed E-state index contributed by atoms with van der Waals surface area (Å²) in [5.74, 6) is 0.822. The van der Waals surface area contributed by atoms with Gasteiger partial charge in [0.05, 0.1) is 11.1 Å². The highest BCUT2D eigenvalue weighted by Gasteiger charge is 2.20. The molecule has 0 unspecified atom stereocenters. The zero-order chi connectivity index (χ0) is 21.9. The Kier molecular flexibility index (Phi) is 3.73. The Balaban J connectivity index is 1.61. The second-order valence-electron chi connectivity index (χ2n) is 8.41. The number of furan rings is 1. The molecule has 0 saturated heterocycles. The summed E-state index contributed by atoms with van der Waals surface area (Å²) in [6, 6.07) is 31.4. The lowest BCUT2D eigenvalue weighted by Gasteiger charge is -2.10. The highest BCUT2D eigenvalue weighted by molar-refractivity contribution is 6.17. The second-order valence-corrected chi connectivity index (χ2v) is 8.41. The number of rotatable bonds is 2. The molecule has 0 aliphatic rings. The molecule has 4 heteroatoms. The average molecular weight is 425 g/mol. The minimum absolute atomic E-state index is 0.720. The number of aryl methyl sites for hydroxylation is 1. The van der Waals surface area contributed by atoms with Gasteiger partial charge in [0.2, 0.25) is 0 Å². The van der Waals surface area contributed by atoms with Gasteiger partial charge in [0.25, 0.3) is 0 Å². The van der Waals surface area contributed by atoms with Crippen molar-refractivity contribution in [2.75, 3.05) is 0 Å². The first-order valence-corrected chi connectivity index (χ1v) is 11.0. The molecule has 0 aliphatic carbocycles. The van der Waals surface area contributed by atoms with Gasteiger partial charge < -0.3 is 4.42 Å². The molecule has 0 N–H and O–H groups in total. The molecule has 0 atom stereocenters. The van der Waals surface area contributed by atoms with Crippen LogP contribution >= 0.6 is 0 Å². The third kappa shape index (κ3) is 2.64. The largest absolute Gasteiger partial charge is 0.455 e. The van der Waals surface area contributed by atoms with Crippen molar-refractivity contribution >= 4 is 43.9 Å². The van der Waals surface area contributed by atoms with Gasteiger partial charge in [-0.25, -0.2) is 9.97 Å². The predicted molar refractivity (Wildman–Crippen MR) is 134 cm³/mol. The zero-order valence-corrected chi connectivity index (χ0v) is 18.0. The topological polar surface area (TPSA) is 43.9 Å². The average Bonchev–Trinajstić information content (AvgIpc) is 3.43. The number of pyridine rings is 1. The van der Waals surface area contributed by atoms with Crippen LogP contribution in [0.4, 0.5) is 0 Å². The Morgan fingerprint density at radius 2 is 1.52 bits per heavy atom. The minimum atomic E-state index is 0.720. The van der Waals surface area contributed by atoms with Crippen molar-refractivity contribution in [2.24, 2.45) is 0 Å². The summed E-state index contributed by atoms with van der Waals surface area (Å²) in [5.41, 5.74) is 6.54. The van der Waals surface area contributed by atoms with Crippen molar-refractivity contribution in [3.8, 4) is 17.1 Å². The SMILES string of the molecule is Cc1cnc2nc(-c3cccc4c3oc3c5ccccc5ccc43)n(-c3ccccc3)c2c1. The third-order valence-corrected chi connectivity index (χ3v) is 6.29. The van der Waals surface area contributed by atoms with Gasteiger partial charge >= 0.3 is 0 Å². The molecule has 0 saturated carbocycles. The summed E-state index contributed by atoms with van der Waals surface area (Å²) in [6.45, 7) is 2.06. The molecule has 156 valence electrons. The van der Waals surface area contributed by atoms with E-state index < -0.39 is 0 Å². The van der Waals surface area contributed by atoms with E-state index in [-0.39, 0.29) is 0 Å². The van der Waals surface area contributed by atoms with E-state index in [1.165, 1.54) is 5.39 Å². The number of hydrogen-bond acceptors (Lipinski definition) is 3. The molecular formula is C29H19N3O. The molecule has 0 fully saturated rings. The zero-order valence-electron chi connectivity index (χ0n) is 18.0. The van der Waals surface area contributed by atoms with Crippen LogP contribution in [0, 0.1) is 6.92 Å². The van der Waals surface area contributed by atoms with E-state index in [1.54, 1.807) is 0 Å². The fraction of sp³-hybridized carbons (Fsp3) is 0.0345. The van der Waals surface area contributed by atoms with Gasteiger partial charge in [-0.3, -0.25) is 4.57 Å². The summed E-state index contributed by atoms with van der Waals surface area (Å²) in [7, 11) is 0. The minimum Gasteiger partial charge on any atom is -0.455 e.